The second-order valence-corrected chi connectivity index (χ2v) is 36.5. The van der Waals surface area contributed by atoms with Crippen LogP contribution in [0.5, 0.6) is 5.75 Å². The third-order valence-electron chi connectivity index (χ3n) is 25.3. The Kier molecular flexibility index (Phi) is 26.9. The molecule has 0 aliphatic carbocycles. The molecule has 22 nitrogen and oxygen atoms in total. The molecule has 147 heavy (non-hydrogen) atoms. The Labute approximate surface area is 841 Å². The van der Waals surface area contributed by atoms with Gasteiger partial charge in [-0.3, -0.25) is 51.9 Å². The lowest BCUT2D eigenvalue weighted by Gasteiger charge is -2.11. The number of sulfonamides is 1. The summed E-state index contributed by atoms with van der Waals surface area (Å²) in [6, 6.07) is 90.7. The van der Waals surface area contributed by atoms with Gasteiger partial charge in [0.05, 0.1) is 99.2 Å². The number of nitrogens with zero attached hydrogens (tertiary/aromatic N) is 16. The molecule has 16 heterocycles. The number of imidazole rings is 5. The van der Waals surface area contributed by atoms with Crippen LogP contribution in [0, 0.1) is 63.7 Å². The van der Waals surface area contributed by atoms with Crippen molar-refractivity contribution in [2.45, 2.75) is 39.5 Å². The molecule has 0 aliphatic heterocycles. The van der Waals surface area contributed by atoms with E-state index in [1.165, 1.54) is 42.5 Å². The van der Waals surface area contributed by atoms with Crippen molar-refractivity contribution in [1.29, 1.82) is 0 Å². The summed E-state index contributed by atoms with van der Waals surface area (Å²) in [5, 5.41) is 5.21. The Morgan fingerprint density at radius 3 is 0.952 bits per heavy atom. The number of nitrogen functional groups attached to an aromatic ring is 2. The quantitative estimate of drug-likeness (QED) is 0.0598. The van der Waals surface area contributed by atoms with Gasteiger partial charge in [0.25, 0.3) is 0 Å². The molecule has 8 aromatic carbocycles. The Morgan fingerprint density at radius 1 is 0.272 bits per heavy atom. The fraction of sp³-hybridized carbons (Fsp3) is 0.0504. The molecule has 0 saturated carbocycles. The van der Waals surface area contributed by atoms with Gasteiger partial charge in [-0.1, -0.05) is 91.0 Å². The van der Waals surface area contributed by atoms with Crippen molar-refractivity contribution in [3.05, 3.63) is 460 Å². The van der Waals surface area contributed by atoms with Gasteiger partial charge >= 0.3 is 0 Å². The number of halogens is 5. The zero-order valence-corrected chi connectivity index (χ0v) is 80.8. The third-order valence-corrected chi connectivity index (χ3v) is 26.2. The number of primary sulfonamides is 1. The minimum atomic E-state index is -3.76. The number of rotatable bonds is 16. The molecular weight excluding hydrogens is 1870 g/mol. The minimum absolute atomic E-state index is 0.0513. The predicted molar refractivity (Wildman–Crippen MR) is 569 cm³/mol. The monoisotopic (exact) mass is 1960 g/mol. The molecule has 0 unspecified atom stereocenters. The number of anilines is 2. The number of fused-ring (bicyclic) bond motifs is 5. The van der Waals surface area contributed by atoms with Crippen LogP contribution in [-0.2, 0) is 10.0 Å². The molecule has 0 saturated heterocycles. The highest BCUT2D eigenvalue weighted by molar-refractivity contribution is 7.89. The van der Waals surface area contributed by atoms with E-state index in [9.17, 15) is 30.4 Å². The molecule has 6 N–H and O–H groups in total. The molecule has 0 fully saturated rings. The lowest BCUT2D eigenvalue weighted by molar-refractivity contribution is 0.415. The van der Waals surface area contributed by atoms with Crippen molar-refractivity contribution in [3.8, 4) is 163 Å². The van der Waals surface area contributed by atoms with Crippen LogP contribution >= 0.6 is 0 Å². The van der Waals surface area contributed by atoms with E-state index >= 15 is 0 Å². The summed E-state index contributed by atoms with van der Waals surface area (Å²) in [5.41, 5.74) is 42.7. The van der Waals surface area contributed by atoms with Crippen LogP contribution in [0.2, 0.25) is 0 Å². The van der Waals surface area contributed by atoms with Gasteiger partial charge in [-0.25, -0.2) is 60.4 Å². The number of benzene rings is 8. The SMILES string of the molecule is COc1cccc(-c2ncc3ccc(-c4cccnc4-c4ccc(F)c(C)c4)cn23)c1.Cc1cc(-c2ncccc2-c2ccc3cnc(-c4cccc(N)c4)n3c2)ccc1F.Cc1cc(-c2ncccc2-c2ccc3cnc(-c4ccncc4)n3c2)ccc1F.Cc1cc(-c2ncccc2-c2ccc3cnc(N)n3c2)ccc1F.Cc1cc(-c2ncccc2-c2ccc3ncc(-c4ccc(S(N)(=O)=O)cc4)n3c2)ccc1F. The van der Waals surface area contributed by atoms with E-state index in [1.54, 1.807) is 146 Å². The van der Waals surface area contributed by atoms with Crippen LogP contribution in [0.4, 0.5) is 33.6 Å². The lowest BCUT2D eigenvalue weighted by Crippen LogP contribution is -2.11. The maximum Gasteiger partial charge on any atom is 0.238 e. The van der Waals surface area contributed by atoms with Gasteiger partial charge in [0, 0.05) is 186 Å². The summed E-state index contributed by atoms with van der Waals surface area (Å²) in [6.07, 6.45) is 31.3. The molecule has 0 aliphatic rings. The highest BCUT2D eigenvalue weighted by Gasteiger charge is 2.22. The van der Waals surface area contributed by atoms with Crippen LogP contribution in [0.3, 0.4) is 0 Å². The Balaban J connectivity index is 0.000000112. The van der Waals surface area contributed by atoms with Crippen molar-refractivity contribution in [2.24, 2.45) is 5.14 Å². The number of hydrogen-bond donors (Lipinski definition) is 3. The Hall–Kier alpha value is -18.9. The van der Waals surface area contributed by atoms with Crippen molar-refractivity contribution < 1.29 is 35.1 Å². The van der Waals surface area contributed by atoms with E-state index in [0.29, 0.717) is 39.5 Å². The molecule has 0 spiro atoms. The number of hydrogen-bond acceptors (Lipinski definition) is 16. The maximum atomic E-state index is 13.8. The van der Waals surface area contributed by atoms with Crippen LogP contribution < -0.4 is 21.3 Å². The number of ether oxygens (including phenoxy) is 1. The maximum absolute atomic E-state index is 13.8. The van der Waals surface area contributed by atoms with Crippen LogP contribution in [0.25, 0.3) is 185 Å². The number of pyridine rings is 11. The molecule has 28 heteroatoms. The number of nitrogens with two attached hydrogens (primary N) is 3. The summed E-state index contributed by atoms with van der Waals surface area (Å²) in [5.74, 6) is 2.60. The molecule has 0 bridgehead atoms. The van der Waals surface area contributed by atoms with Crippen molar-refractivity contribution in [2.75, 3.05) is 18.6 Å². The molecule has 16 aromatic heterocycles. The van der Waals surface area contributed by atoms with Crippen molar-refractivity contribution in [3.63, 3.8) is 0 Å². The van der Waals surface area contributed by atoms with Gasteiger partial charge < -0.3 is 16.2 Å². The summed E-state index contributed by atoms with van der Waals surface area (Å²) < 4.78 is 107. The normalized spacial score (nSPS) is 11.2. The molecule has 24 aromatic rings. The molecular formula is C119H90F5N19O3S. The standard InChI is InChI=1S/C26H20FN3O.C25H19FN4O2S.C25H19FN4.C24H17FN4.C19H15FN4/c1-17-13-18(9-11-24(17)27)25-23(7-4-12-28-25)20-8-10-21-15-29-26(30(21)16-20)19-5-3-6-22(14-19)31-2;1-16-13-18(6-10-22(16)26)25-21(3-2-12-28-25)19-7-11-24-29-14-23(30(24)15-19)17-4-8-20(9-5-17)33(27,31)32;1-16-12-17(8-10-23(16)26)24-22(6-3-11-28-24)19-7-9-21-14-29-25(30(21)15-19)18-4-2-5-20(27)13-18;1-16-13-18(5-7-22(16)25)23-21(3-2-10-27-23)19-4-6-20-14-28-24(29(20)15-19)17-8-11-26-12-9-17;1-12-9-13(5-7-17(12)20)18-16(3-2-8-22-18)14-4-6-15-10-23-19(21)24(15)11-14/h3-16H,1-2H3;2-15H,1H3,(H2,27,31,32);2-15H,27H2,1H3;2-15H,1H3;2-11H,1H3,(H2,21,23). The van der Waals surface area contributed by atoms with E-state index < -0.39 is 10.0 Å². The summed E-state index contributed by atoms with van der Waals surface area (Å²) in [4.78, 5) is 49.4. The van der Waals surface area contributed by atoms with Crippen LogP contribution in [-0.4, -0.2) is 92.4 Å². The summed E-state index contributed by atoms with van der Waals surface area (Å²) in [6.45, 7) is 8.77. The van der Waals surface area contributed by atoms with Gasteiger partial charge in [0.15, 0.2) is 0 Å². The Bertz CT molecular complexity index is 9230. The second kappa shape index (κ2) is 41.3. The fourth-order valence-electron chi connectivity index (χ4n) is 17.7. The van der Waals surface area contributed by atoms with Crippen LogP contribution in [0.1, 0.15) is 27.8 Å². The van der Waals surface area contributed by atoms with E-state index in [1.807, 2.05) is 228 Å². The zero-order chi connectivity index (χ0) is 102. The second-order valence-electron chi connectivity index (χ2n) is 35.0. The van der Waals surface area contributed by atoms with E-state index in [-0.39, 0.29) is 34.0 Å². The van der Waals surface area contributed by atoms with E-state index in [4.69, 9.17) is 21.3 Å². The molecule has 0 radical (unpaired) electrons. The molecule has 0 amide bonds. The first kappa shape index (κ1) is 95.6. The number of aryl methyl sites for hydroxylation is 5. The third kappa shape index (κ3) is 20.3. The highest BCUT2D eigenvalue weighted by Crippen LogP contribution is 2.41. The average Bonchev–Trinajstić information content (AvgIpc) is 1.79. The first-order valence-corrected chi connectivity index (χ1v) is 48.2. The van der Waals surface area contributed by atoms with Gasteiger partial charge in [0.2, 0.25) is 16.0 Å². The summed E-state index contributed by atoms with van der Waals surface area (Å²) in [7, 11) is -2.11. The largest absolute Gasteiger partial charge is 0.497 e. The van der Waals surface area contributed by atoms with Crippen LogP contribution in [0.15, 0.2) is 407 Å². The van der Waals surface area contributed by atoms with Gasteiger partial charge in [-0.15, -0.1) is 0 Å². The van der Waals surface area contributed by atoms with Gasteiger partial charge in [-0.05, 0) is 269 Å². The van der Waals surface area contributed by atoms with Crippen molar-refractivity contribution >= 4 is 49.4 Å². The van der Waals surface area contributed by atoms with Gasteiger partial charge in [-0.2, -0.15) is 0 Å². The highest BCUT2D eigenvalue weighted by atomic mass is 32.2. The summed E-state index contributed by atoms with van der Waals surface area (Å²) >= 11 is 0. The smallest absolute Gasteiger partial charge is 0.238 e. The topological polar surface area (TPSA) is 285 Å². The average molecular weight is 1960 g/mol. The van der Waals surface area contributed by atoms with E-state index in [0.717, 1.165) is 191 Å². The Morgan fingerprint density at radius 2 is 0.592 bits per heavy atom. The first-order chi connectivity index (χ1) is 71.4. The zero-order valence-electron chi connectivity index (χ0n) is 80.0. The molecule has 720 valence electrons. The van der Waals surface area contributed by atoms with Crippen molar-refractivity contribution in [1.82, 2.24) is 76.8 Å². The number of methoxy groups -OCH3 is 1. The van der Waals surface area contributed by atoms with E-state index in [2.05, 4.69) is 105 Å². The number of aromatic nitrogens is 16. The minimum Gasteiger partial charge on any atom is -0.497 e. The first-order valence-electron chi connectivity index (χ1n) is 46.6. The predicted octanol–water partition coefficient (Wildman–Crippen LogP) is 26.4. The molecule has 0 atom stereocenters. The lowest BCUT2D eigenvalue weighted by atomic mass is 9.99. The fourth-order valence-corrected chi connectivity index (χ4v) is 18.2. The van der Waals surface area contributed by atoms with Gasteiger partial charge in [0.1, 0.15) is 58.0 Å². The molecule has 24 rings (SSSR count).